The number of amides is 2. The van der Waals surface area contributed by atoms with Crippen molar-refractivity contribution in [3.63, 3.8) is 0 Å². The molecule has 0 aliphatic heterocycles. The first-order valence-electron chi connectivity index (χ1n) is 8.44. The summed E-state index contributed by atoms with van der Waals surface area (Å²) in [6.45, 7) is 3.69. The van der Waals surface area contributed by atoms with Gasteiger partial charge in [0.15, 0.2) is 0 Å². The maximum Gasteiger partial charge on any atom is 0.262 e. The molecule has 0 saturated carbocycles. The highest BCUT2D eigenvalue weighted by molar-refractivity contribution is 6.30. The zero-order valence-corrected chi connectivity index (χ0v) is 16.2. The molecule has 2 aromatic carbocycles. The fourth-order valence-corrected chi connectivity index (χ4v) is 2.45. The summed E-state index contributed by atoms with van der Waals surface area (Å²) in [6.07, 6.45) is 1.51. The summed E-state index contributed by atoms with van der Waals surface area (Å²) in [5.41, 5.74) is 3.68. The molecule has 142 valence electrons. The first-order chi connectivity index (χ1) is 12.9. The van der Waals surface area contributed by atoms with E-state index in [-0.39, 0.29) is 11.8 Å². The van der Waals surface area contributed by atoms with Crippen LogP contribution in [-0.2, 0) is 4.79 Å². The molecule has 2 amide bonds. The Hall–Kier alpha value is -2.86. The molecule has 7 heteroatoms. The maximum atomic E-state index is 12.4. The van der Waals surface area contributed by atoms with Crippen molar-refractivity contribution in [1.29, 1.82) is 0 Å². The van der Waals surface area contributed by atoms with Crippen molar-refractivity contribution in [2.24, 2.45) is 11.0 Å². The number of methoxy groups -OCH3 is 1. The zero-order chi connectivity index (χ0) is 19.8. The minimum absolute atomic E-state index is 0.117. The van der Waals surface area contributed by atoms with Crippen LogP contribution >= 0.6 is 11.6 Å². The lowest BCUT2D eigenvalue weighted by Gasteiger charge is -2.20. The van der Waals surface area contributed by atoms with Crippen LogP contribution in [0.3, 0.4) is 0 Å². The number of halogens is 1. The first kappa shape index (κ1) is 20.5. The molecule has 2 rings (SSSR count). The molecule has 1 atom stereocenters. The minimum Gasteiger partial charge on any atom is -0.497 e. The van der Waals surface area contributed by atoms with Gasteiger partial charge in [-0.15, -0.1) is 0 Å². The molecule has 0 aromatic heterocycles. The van der Waals surface area contributed by atoms with Crippen LogP contribution in [0, 0.1) is 5.92 Å². The van der Waals surface area contributed by atoms with E-state index in [1.165, 1.54) is 6.21 Å². The number of carbonyl (C=O) groups is 2. The van der Waals surface area contributed by atoms with Gasteiger partial charge in [0, 0.05) is 10.6 Å². The Kier molecular flexibility index (Phi) is 7.37. The predicted molar refractivity (Wildman–Crippen MR) is 106 cm³/mol. The average molecular weight is 388 g/mol. The van der Waals surface area contributed by atoms with E-state index in [4.69, 9.17) is 16.3 Å². The van der Waals surface area contributed by atoms with Crippen molar-refractivity contribution in [2.45, 2.75) is 19.9 Å². The van der Waals surface area contributed by atoms with Crippen LogP contribution in [-0.4, -0.2) is 31.2 Å². The Morgan fingerprint density at radius 2 is 1.85 bits per heavy atom. The van der Waals surface area contributed by atoms with Crippen molar-refractivity contribution in [1.82, 2.24) is 10.7 Å². The Morgan fingerprint density at radius 1 is 1.15 bits per heavy atom. The number of hydrazone groups is 1. The van der Waals surface area contributed by atoms with Crippen LogP contribution in [0.4, 0.5) is 0 Å². The second-order valence-electron chi connectivity index (χ2n) is 6.21. The summed E-state index contributed by atoms with van der Waals surface area (Å²) in [5, 5.41) is 7.23. The molecule has 0 aliphatic rings. The van der Waals surface area contributed by atoms with Crippen LogP contribution in [0.2, 0.25) is 5.02 Å². The molecule has 0 fully saturated rings. The lowest BCUT2D eigenvalue weighted by atomic mass is 10.0. The van der Waals surface area contributed by atoms with E-state index in [1.807, 2.05) is 32.0 Å². The van der Waals surface area contributed by atoms with Crippen molar-refractivity contribution >= 4 is 29.6 Å². The number of hydrogen-bond donors (Lipinski definition) is 2. The molecular formula is C20H22ClN3O3. The van der Waals surface area contributed by atoms with E-state index in [0.29, 0.717) is 16.3 Å². The Morgan fingerprint density at radius 3 is 2.48 bits per heavy atom. The van der Waals surface area contributed by atoms with Crippen LogP contribution in [0.5, 0.6) is 5.75 Å². The highest BCUT2D eigenvalue weighted by Crippen LogP contribution is 2.12. The smallest absolute Gasteiger partial charge is 0.262 e. The van der Waals surface area contributed by atoms with Gasteiger partial charge in [-0.1, -0.05) is 37.6 Å². The first-order valence-corrected chi connectivity index (χ1v) is 8.82. The number of nitrogens with zero attached hydrogens (tertiary/aromatic N) is 1. The van der Waals surface area contributed by atoms with E-state index in [2.05, 4.69) is 15.8 Å². The lowest BCUT2D eigenvalue weighted by Crippen LogP contribution is -2.48. The molecule has 2 N–H and O–H groups in total. The summed E-state index contributed by atoms with van der Waals surface area (Å²) in [7, 11) is 1.58. The standard InChI is InChI=1S/C20H22ClN3O3/c1-13(2)18(23-19(25)15-7-9-16(21)10-8-15)20(26)24-22-12-14-5-4-6-17(11-14)27-3/h4-13,18H,1-3H3,(H,23,25)(H,24,26). The molecule has 0 heterocycles. The predicted octanol–water partition coefficient (Wildman–Crippen LogP) is 3.25. The fraction of sp³-hybridized carbons (Fsp3) is 0.250. The summed E-state index contributed by atoms with van der Waals surface area (Å²) >= 11 is 5.83. The summed E-state index contributed by atoms with van der Waals surface area (Å²) in [5.74, 6) is -0.169. The lowest BCUT2D eigenvalue weighted by molar-refractivity contribution is -0.123. The van der Waals surface area contributed by atoms with Gasteiger partial charge < -0.3 is 10.1 Å². The number of benzene rings is 2. The van der Waals surface area contributed by atoms with Gasteiger partial charge >= 0.3 is 0 Å². The topological polar surface area (TPSA) is 79.8 Å². The summed E-state index contributed by atoms with van der Waals surface area (Å²) < 4.78 is 5.14. The normalized spacial score (nSPS) is 12.0. The maximum absolute atomic E-state index is 12.4. The van der Waals surface area contributed by atoms with Gasteiger partial charge in [0.05, 0.1) is 13.3 Å². The molecule has 2 aromatic rings. The second kappa shape index (κ2) is 9.73. The van der Waals surface area contributed by atoms with E-state index in [1.54, 1.807) is 37.4 Å². The van der Waals surface area contributed by atoms with Gasteiger partial charge in [-0.2, -0.15) is 5.10 Å². The molecule has 1 unspecified atom stereocenters. The van der Waals surface area contributed by atoms with Gasteiger partial charge in [0.1, 0.15) is 11.8 Å². The van der Waals surface area contributed by atoms with Crippen molar-refractivity contribution in [3.05, 3.63) is 64.7 Å². The van der Waals surface area contributed by atoms with Gasteiger partial charge in [0.25, 0.3) is 11.8 Å². The molecule has 0 bridgehead atoms. The number of hydrogen-bond acceptors (Lipinski definition) is 4. The molecule has 0 spiro atoms. The Bertz CT molecular complexity index is 819. The van der Waals surface area contributed by atoms with E-state index in [0.717, 1.165) is 5.56 Å². The van der Waals surface area contributed by atoms with Gasteiger partial charge in [-0.05, 0) is 47.9 Å². The zero-order valence-electron chi connectivity index (χ0n) is 15.4. The van der Waals surface area contributed by atoms with Gasteiger partial charge in [-0.3, -0.25) is 9.59 Å². The number of rotatable bonds is 7. The van der Waals surface area contributed by atoms with Gasteiger partial charge in [-0.25, -0.2) is 5.43 Å². The third kappa shape index (κ3) is 6.11. The average Bonchev–Trinajstić information content (AvgIpc) is 2.66. The Balaban J connectivity index is 2.00. The molecule has 27 heavy (non-hydrogen) atoms. The third-order valence-corrected chi connectivity index (χ3v) is 4.08. The molecule has 0 saturated heterocycles. The van der Waals surface area contributed by atoms with Crippen LogP contribution in [0.15, 0.2) is 53.6 Å². The van der Waals surface area contributed by atoms with Crippen molar-refractivity contribution < 1.29 is 14.3 Å². The van der Waals surface area contributed by atoms with E-state index >= 15 is 0 Å². The summed E-state index contributed by atoms with van der Waals surface area (Å²) in [6, 6.07) is 13.0. The van der Waals surface area contributed by atoms with Crippen molar-refractivity contribution in [3.8, 4) is 5.75 Å². The molecule has 6 nitrogen and oxygen atoms in total. The van der Waals surface area contributed by atoms with E-state index in [9.17, 15) is 9.59 Å². The van der Waals surface area contributed by atoms with Crippen LogP contribution < -0.4 is 15.5 Å². The molecule has 0 radical (unpaired) electrons. The minimum atomic E-state index is -0.726. The molecule has 0 aliphatic carbocycles. The third-order valence-electron chi connectivity index (χ3n) is 3.82. The Labute approximate surface area is 163 Å². The SMILES string of the molecule is COc1cccc(C=NNC(=O)C(NC(=O)c2ccc(Cl)cc2)C(C)C)c1. The fourth-order valence-electron chi connectivity index (χ4n) is 2.32. The summed E-state index contributed by atoms with van der Waals surface area (Å²) in [4.78, 5) is 24.8. The highest BCUT2D eigenvalue weighted by atomic mass is 35.5. The van der Waals surface area contributed by atoms with Crippen LogP contribution in [0.1, 0.15) is 29.8 Å². The monoisotopic (exact) mass is 387 g/mol. The largest absolute Gasteiger partial charge is 0.497 e. The van der Waals surface area contributed by atoms with E-state index < -0.39 is 11.9 Å². The second-order valence-corrected chi connectivity index (χ2v) is 6.65. The van der Waals surface area contributed by atoms with Gasteiger partial charge in [0.2, 0.25) is 0 Å². The quantitative estimate of drug-likeness (QED) is 0.565. The number of nitrogens with one attached hydrogen (secondary N) is 2. The number of ether oxygens (including phenoxy) is 1. The highest BCUT2D eigenvalue weighted by Gasteiger charge is 2.24. The van der Waals surface area contributed by atoms with Crippen molar-refractivity contribution in [2.75, 3.05) is 7.11 Å². The molecular weight excluding hydrogens is 366 g/mol. The number of carbonyl (C=O) groups excluding carboxylic acids is 2. The van der Waals surface area contributed by atoms with Crippen LogP contribution in [0.25, 0.3) is 0 Å².